The zero-order valence-electron chi connectivity index (χ0n) is 15.1. The van der Waals surface area contributed by atoms with Gasteiger partial charge in [0.15, 0.2) is 0 Å². The molecule has 0 spiro atoms. The van der Waals surface area contributed by atoms with Crippen molar-refractivity contribution >= 4 is 28.7 Å². The molecule has 140 valence electrons. The van der Waals surface area contributed by atoms with E-state index < -0.39 is 18.0 Å². The van der Waals surface area contributed by atoms with Gasteiger partial charge in [0, 0.05) is 35.1 Å². The Kier molecular flexibility index (Phi) is 5.02. The van der Waals surface area contributed by atoms with Crippen LogP contribution in [0.3, 0.4) is 0 Å². The summed E-state index contributed by atoms with van der Waals surface area (Å²) in [6.07, 6.45) is 3.32. The highest BCUT2D eigenvalue weighted by Gasteiger charge is 2.23. The number of carboxylic acids is 1. The van der Waals surface area contributed by atoms with E-state index in [2.05, 4.69) is 30.8 Å². The summed E-state index contributed by atoms with van der Waals surface area (Å²) in [7, 11) is 0. The van der Waals surface area contributed by atoms with Crippen molar-refractivity contribution < 1.29 is 14.7 Å². The minimum Gasteiger partial charge on any atom is -0.480 e. The maximum atomic E-state index is 12.1. The van der Waals surface area contributed by atoms with Crippen LogP contribution in [0, 0.1) is 12.8 Å². The highest BCUT2D eigenvalue weighted by atomic mass is 16.4. The minimum atomic E-state index is -1.09. The van der Waals surface area contributed by atoms with Gasteiger partial charge in [-0.1, -0.05) is 13.8 Å². The van der Waals surface area contributed by atoms with Gasteiger partial charge in [-0.3, -0.25) is 15.4 Å². The summed E-state index contributed by atoms with van der Waals surface area (Å²) in [5.41, 5.74) is 3.23. The zero-order chi connectivity index (χ0) is 19.6. The number of rotatable bonds is 5. The second-order valence-corrected chi connectivity index (χ2v) is 6.53. The third-order valence-corrected chi connectivity index (χ3v) is 4.08. The number of aryl methyl sites for hydroxylation is 1. The Balaban J connectivity index is 1.80. The quantitative estimate of drug-likeness (QED) is 0.547. The largest absolute Gasteiger partial charge is 0.480 e. The Morgan fingerprint density at radius 2 is 2.00 bits per heavy atom. The maximum absolute atomic E-state index is 12.1. The number of pyridine rings is 2. The van der Waals surface area contributed by atoms with Crippen LogP contribution >= 0.6 is 0 Å². The smallest absolute Gasteiger partial charge is 0.326 e. The predicted octanol–water partition coefficient (Wildman–Crippen LogP) is 2.56. The number of nitrogens with one attached hydrogen (secondary N) is 3. The number of amides is 2. The summed E-state index contributed by atoms with van der Waals surface area (Å²) in [6.45, 7) is 5.34. The van der Waals surface area contributed by atoms with Gasteiger partial charge < -0.3 is 10.4 Å². The fourth-order valence-corrected chi connectivity index (χ4v) is 2.70. The standard InChI is InChI=1S/C18H20N6O3/c1-9(2)15(17(25)26)22-18(27)21-14-7-13-12(8-20-14)16(24-23-13)11-4-5-19-10(3)6-11/h4-9,15H,1-3H3,(H,23,24)(H,25,26)(H2,20,21,22,27)/t15-/m0/s1. The van der Waals surface area contributed by atoms with E-state index in [1.807, 2.05) is 19.1 Å². The van der Waals surface area contributed by atoms with Crippen LogP contribution < -0.4 is 10.6 Å². The molecule has 0 saturated heterocycles. The fourth-order valence-electron chi connectivity index (χ4n) is 2.70. The van der Waals surface area contributed by atoms with Crippen molar-refractivity contribution in [3.8, 4) is 11.3 Å². The molecule has 0 bridgehead atoms. The Morgan fingerprint density at radius 3 is 2.67 bits per heavy atom. The molecule has 9 nitrogen and oxygen atoms in total. The Labute approximate surface area is 155 Å². The van der Waals surface area contributed by atoms with Crippen LogP contribution in [0.25, 0.3) is 22.2 Å². The predicted molar refractivity (Wildman–Crippen MR) is 100 cm³/mol. The molecule has 4 N–H and O–H groups in total. The van der Waals surface area contributed by atoms with Crippen LogP contribution in [-0.4, -0.2) is 43.3 Å². The highest BCUT2D eigenvalue weighted by molar-refractivity contribution is 5.96. The van der Waals surface area contributed by atoms with Gasteiger partial charge in [0.25, 0.3) is 0 Å². The van der Waals surface area contributed by atoms with Crippen LogP contribution in [-0.2, 0) is 4.79 Å². The number of H-pyrrole nitrogens is 1. The molecule has 0 aliphatic carbocycles. The van der Waals surface area contributed by atoms with Crippen molar-refractivity contribution in [1.82, 2.24) is 25.5 Å². The summed E-state index contributed by atoms with van der Waals surface area (Å²) in [6, 6.07) is 3.81. The Hall–Kier alpha value is -3.49. The molecule has 0 aromatic carbocycles. The van der Waals surface area contributed by atoms with E-state index in [4.69, 9.17) is 5.11 Å². The number of carbonyl (C=O) groups excluding carboxylic acids is 1. The number of anilines is 1. The van der Waals surface area contributed by atoms with E-state index in [0.717, 1.165) is 22.3 Å². The minimum absolute atomic E-state index is 0.248. The molecule has 0 radical (unpaired) electrons. The number of aromatic nitrogens is 4. The van der Waals surface area contributed by atoms with Crippen molar-refractivity contribution in [2.45, 2.75) is 26.8 Å². The van der Waals surface area contributed by atoms with Crippen LogP contribution in [0.5, 0.6) is 0 Å². The van der Waals surface area contributed by atoms with Gasteiger partial charge in [-0.2, -0.15) is 5.10 Å². The van der Waals surface area contributed by atoms with Gasteiger partial charge in [-0.15, -0.1) is 0 Å². The number of hydrogen-bond acceptors (Lipinski definition) is 5. The number of fused-ring (bicyclic) bond motifs is 1. The number of urea groups is 1. The van der Waals surface area contributed by atoms with Crippen LogP contribution in [0.2, 0.25) is 0 Å². The number of hydrogen-bond donors (Lipinski definition) is 4. The third-order valence-electron chi connectivity index (χ3n) is 4.08. The number of aromatic amines is 1. The van der Waals surface area contributed by atoms with E-state index in [1.54, 1.807) is 32.3 Å². The average Bonchev–Trinajstić information content (AvgIpc) is 3.02. The molecule has 3 aromatic rings. The first-order valence-corrected chi connectivity index (χ1v) is 8.42. The summed E-state index contributed by atoms with van der Waals surface area (Å²) in [5.74, 6) is -1.05. The Morgan fingerprint density at radius 1 is 1.22 bits per heavy atom. The lowest BCUT2D eigenvalue weighted by molar-refractivity contribution is -0.140. The summed E-state index contributed by atoms with van der Waals surface area (Å²) in [5, 5.41) is 22.2. The van der Waals surface area contributed by atoms with Gasteiger partial charge in [0.1, 0.15) is 17.6 Å². The lowest BCUT2D eigenvalue weighted by Gasteiger charge is -2.18. The molecule has 27 heavy (non-hydrogen) atoms. The first-order chi connectivity index (χ1) is 12.8. The molecule has 0 fully saturated rings. The van der Waals surface area contributed by atoms with Crippen molar-refractivity contribution in [1.29, 1.82) is 0 Å². The van der Waals surface area contributed by atoms with Crippen molar-refractivity contribution in [3.05, 3.63) is 36.3 Å². The lowest BCUT2D eigenvalue weighted by atomic mass is 10.1. The van der Waals surface area contributed by atoms with Gasteiger partial charge in [0.2, 0.25) is 0 Å². The third kappa shape index (κ3) is 4.02. The molecular formula is C18H20N6O3. The molecule has 1 atom stereocenters. The number of aliphatic carboxylic acids is 1. The van der Waals surface area contributed by atoms with Crippen LogP contribution in [0.1, 0.15) is 19.5 Å². The van der Waals surface area contributed by atoms with Gasteiger partial charge in [-0.05, 0) is 25.0 Å². The van der Waals surface area contributed by atoms with E-state index in [9.17, 15) is 9.59 Å². The van der Waals surface area contributed by atoms with E-state index in [1.165, 1.54) is 0 Å². The molecule has 3 rings (SSSR count). The maximum Gasteiger partial charge on any atom is 0.326 e. The van der Waals surface area contributed by atoms with Gasteiger partial charge in [0.05, 0.1) is 5.52 Å². The second kappa shape index (κ2) is 7.40. The number of nitrogens with zero attached hydrogens (tertiary/aromatic N) is 3. The van der Waals surface area contributed by atoms with Crippen molar-refractivity contribution in [2.24, 2.45) is 5.92 Å². The molecule has 0 saturated carbocycles. The topological polar surface area (TPSA) is 133 Å². The average molecular weight is 368 g/mol. The molecule has 3 heterocycles. The van der Waals surface area contributed by atoms with E-state index in [0.29, 0.717) is 5.52 Å². The molecule has 0 aliphatic heterocycles. The first-order valence-electron chi connectivity index (χ1n) is 8.42. The molecule has 0 unspecified atom stereocenters. The van der Waals surface area contributed by atoms with E-state index in [-0.39, 0.29) is 11.7 Å². The Bertz CT molecular complexity index is 998. The van der Waals surface area contributed by atoms with Crippen LogP contribution in [0.15, 0.2) is 30.6 Å². The fraction of sp³-hybridized carbons (Fsp3) is 0.278. The highest BCUT2D eigenvalue weighted by Crippen LogP contribution is 2.26. The van der Waals surface area contributed by atoms with Gasteiger partial charge in [-0.25, -0.2) is 14.6 Å². The lowest BCUT2D eigenvalue weighted by Crippen LogP contribution is -2.46. The van der Waals surface area contributed by atoms with Crippen molar-refractivity contribution in [3.63, 3.8) is 0 Å². The normalized spacial score (nSPS) is 12.1. The molecular weight excluding hydrogens is 348 g/mol. The number of carboxylic acid groups (broad SMARTS) is 1. The molecule has 0 aliphatic rings. The van der Waals surface area contributed by atoms with E-state index >= 15 is 0 Å². The van der Waals surface area contributed by atoms with Crippen LogP contribution in [0.4, 0.5) is 10.6 Å². The summed E-state index contributed by atoms with van der Waals surface area (Å²) < 4.78 is 0. The molecule has 2 amide bonds. The number of carbonyl (C=O) groups is 2. The SMILES string of the molecule is Cc1cc(-c2n[nH]c3cc(NC(=O)N[C@H](C(=O)O)C(C)C)ncc23)ccn1. The first kappa shape index (κ1) is 18.3. The molecule has 9 heteroatoms. The molecule has 3 aromatic heterocycles. The second-order valence-electron chi connectivity index (χ2n) is 6.53. The van der Waals surface area contributed by atoms with Crippen molar-refractivity contribution in [2.75, 3.05) is 5.32 Å². The summed E-state index contributed by atoms with van der Waals surface area (Å²) in [4.78, 5) is 31.7. The monoisotopic (exact) mass is 368 g/mol. The summed E-state index contributed by atoms with van der Waals surface area (Å²) >= 11 is 0. The zero-order valence-corrected chi connectivity index (χ0v) is 15.1. The van der Waals surface area contributed by atoms with Gasteiger partial charge >= 0.3 is 12.0 Å².